The van der Waals surface area contributed by atoms with E-state index in [2.05, 4.69) is 53.5 Å². The van der Waals surface area contributed by atoms with Gasteiger partial charge in [0.2, 0.25) is 0 Å². The van der Waals surface area contributed by atoms with E-state index >= 15 is 0 Å². The van der Waals surface area contributed by atoms with Gasteiger partial charge in [-0.25, -0.2) is 0 Å². The maximum absolute atomic E-state index is 12.6. The minimum Gasteiger partial charge on any atom is -0.332 e. The SMILES string of the molecule is CN(C)Cc1ccc([C@H]2CCCN2C(=O)c2cn[nH]c2)cc1. The number of benzene rings is 1. The van der Waals surface area contributed by atoms with E-state index in [0.717, 1.165) is 25.9 Å². The van der Waals surface area contributed by atoms with Crippen molar-refractivity contribution in [3.05, 3.63) is 53.3 Å². The van der Waals surface area contributed by atoms with Gasteiger partial charge >= 0.3 is 0 Å². The van der Waals surface area contributed by atoms with Crippen LogP contribution in [0.15, 0.2) is 36.7 Å². The van der Waals surface area contributed by atoms with Crippen LogP contribution in [0.4, 0.5) is 0 Å². The molecule has 0 unspecified atom stereocenters. The monoisotopic (exact) mass is 298 g/mol. The molecule has 0 aliphatic carbocycles. The Bertz CT molecular complexity index is 619. The number of carbonyl (C=O) groups excluding carboxylic acids is 1. The fraction of sp³-hybridized carbons (Fsp3) is 0.412. The molecule has 1 aromatic carbocycles. The number of aromatic nitrogens is 2. The Hall–Kier alpha value is -2.14. The van der Waals surface area contributed by atoms with Crippen LogP contribution >= 0.6 is 0 Å². The van der Waals surface area contributed by atoms with Crippen LogP contribution < -0.4 is 0 Å². The van der Waals surface area contributed by atoms with E-state index in [4.69, 9.17) is 0 Å². The summed E-state index contributed by atoms with van der Waals surface area (Å²) in [5.74, 6) is 0.0635. The number of likely N-dealkylation sites (tertiary alicyclic amines) is 1. The van der Waals surface area contributed by atoms with Gasteiger partial charge in [-0.1, -0.05) is 24.3 Å². The van der Waals surface area contributed by atoms with E-state index in [-0.39, 0.29) is 11.9 Å². The maximum Gasteiger partial charge on any atom is 0.257 e. The molecule has 1 N–H and O–H groups in total. The number of hydrogen-bond donors (Lipinski definition) is 1. The first-order chi connectivity index (χ1) is 10.6. The highest BCUT2D eigenvalue weighted by Crippen LogP contribution is 2.33. The van der Waals surface area contributed by atoms with Crippen LogP contribution in [0.2, 0.25) is 0 Å². The van der Waals surface area contributed by atoms with E-state index in [9.17, 15) is 4.79 Å². The number of aromatic amines is 1. The second kappa shape index (κ2) is 6.32. The minimum absolute atomic E-state index is 0.0635. The third kappa shape index (κ3) is 3.04. The van der Waals surface area contributed by atoms with E-state index < -0.39 is 0 Å². The van der Waals surface area contributed by atoms with Crippen LogP contribution in [0.5, 0.6) is 0 Å². The second-order valence-corrected chi connectivity index (χ2v) is 6.12. The van der Waals surface area contributed by atoms with Gasteiger partial charge < -0.3 is 9.80 Å². The second-order valence-electron chi connectivity index (χ2n) is 6.12. The summed E-state index contributed by atoms with van der Waals surface area (Å²) in [6, 6.07) is 8.81. The Morgan fingerprint density at radius 3 is 2.77 bits per heavy atom. The van der Waals surface area contributed by atoms with Crippen LogP contribution in [-0.2, 0) is 6.54 Å². The maximum atomic E-state index is 12.6. The van der Waals surface area contributed by atoms with Crippen LogP contribution in [0.25, 0.3) is 0 Å². The number of amides is 1. The highest BCUT2D eigenvalue weighted by atomic mass is 16.2. The van der Waals surface area contributed by atoms with Crippen LogP contribution in [0.3, 0.4) is 0 Å². The number of nitrogens with one attached hydrogen (secondary N) is 1. The van der Waals surface area contributed by atoms with Crippen molar-refractivity contribution < 1.29 is 4.79 Å². The standard InChI is InChI=1S/C17H22N4O/c1-20(2)12-13-5-7-14(8-6-13)16-4-3-9-21(16)17(22)15-10-18-19-11-15/h5-8,10-11,16H,3-4,9,12H2,1-2H3,(H,18,19)/t16-/m1/s1. The molecular weight excluding hydrogens is 276 g/mol. The molecule has 1 aromatic heterocycles. The lowest BCUT2D eigenvalue weighted by Crippen LogP contribution is -2.30. The van der Waals surface area contributed by atoms with Gasteiger partial charge in [-0.2, -0.15) is 5.10 Å². The highest BCUT2D eigenvalue weighted by Gasteiger charge is 2.30. The van der Waals surface area contributed by atoms with Crippen molar-refractivity contribution in [2.24, 2.45) is 0 Å². The average Bonchev–Trinajstić information content (AvgIpc) is 3.18. The Morgan fingerprint density at radius 1 is 1.36 bits per heavy atom. The Kier molecular flexibility index (Phi) is 4.24. The van der Waals surface area contributed by atoms with E-state index in [1.807, 2.05) is 4.90 Å². The summed E-state index contributed by atoms with van der Waals surface area (Å²) in [5.41, 5.74) is 3.15. The van der Waals surface area contributed by atoms with Crippen LogP contribution in [0, 0.1) is 0 Å². The zero-order valence-corrected chi connectivity index (χ0v) is 13.1. The van der Waals surface area contributed by atoms with E-state index in [1.165, 1.54) is 11.1 Å². The van der Waals surface area contributed by atoms with Gasteiger partial charge in [-0.05, 0) is 38.1 Å². The molecule has 5 nitrogen and oxygen atoms in total. The Balaban J connectivity index is 1.77. The van der Waals surface area contributed by atoms with Gasteiger partial charge in [-0.15, -0.1) is 0 Å². The Labute approximate surface area is 130 Å². The summed E-state index contributed by atoms with van der Waals surface area (Å²) >= 11 is 0. The number of H-pyrrole nitrogens is 1. The first kappa shape index (κ1) is 14.8. The normalized spacial score (nSPS) is 18.1. The molecule has 1 atom stereocenters. The van der Waals surface area contributed by atoms with Gasteiger partial charge in [0.15, 0.2) is 0 Å². The van der Waals surface area contributed by atoms with Crippen molar-refractivity contribution in [3.8, 4) is 0 Å². The largest absolute Gasteiger partial charge is 0.332 e. The predicted octanol–water partition coefficient (Wildman–Crippen LogP) is 2.45. The van der Waals surface area contributed by atoms with Gasteiger partial charge in [0.1, 0.15) is 0 Å². The molecule has 0 bridgehead atoms. The molecule has 0 spiro atoms. The van der Waals surface area contributed by atoms with Crippen LogP contribution in [0.1, 0.15) is 40.4 Å². The topological polar surface area (TPSA) is 52.2 Å². The molecule has 3 rings (SSSR count). The number of carbonyl (C=O) groups is 1. The smallest absolute Gasteiger partial charge is 0.257 e. The molecular formula is C17H22N4O. The summed E-state index contributed by atoms with van der Waals surface area (Å²) in [4.78, 5) is 16.7. The molecule has 22 heavy (non-hydrogen) atoms. The summed E-state index contributed by atoms with van der Waals surface area (Å²) in [6.07, 6.45) is 5.33. The van der Waals surface area contributed by atoms with Crippen molar-refractivity contribution >= 4 is 5.91 Å². The average molecular weight is 298 g/mol. The molecule has 2 heterocycles. The van der Waals surface area contributed by atoms with Crippen LogP contribution in [-0.4, -0.2) is 46.5 Å². The summed E-state index contributed by atoms with van der Waals surface area (Å²) in [7, 11) is 4.13. The van der Waals surface area contributed by atoms with Gasteiger partial charge in [0.05, 0.1) is 17.8 Å². The fourth-order valence-corrected chi connectivity index (χ4v) is 3.10. The molecule has 1 aliphatic rings. The highest BCUT2D eigenvalue weighted by molar-refractivity contribution is 5.94. The molecule has 116 valence electrons. The van der Waals surface area contributed by atoms with Gasteiger partial charge in [0, 0.05) is 19.3 Å². The first-order valence-electron chi connectivity index (χ1n) is 7.68. The molecule has 0 radical (unpaired) electrons. The minimum atomic E-state index is 0.0635. The van der Waals surface area contributed by atoms with Crippen molar-refractivity contribution in [1.29, 1.82) is 0 Å². The van der Waals surface area contributed by atoms with Crippen molar-refractivity contribution in [1.82, 2.24) is 20.0 Å². The van der Waals surface area contributed by atoms with E-state index in [1.54, 1.807) is 12.4 Å². The third-order valence-electron chi connectivity index (χ3n) is 4.12. The van der Waals surface area contributed by atoms with E-state index in [0.29, 0.717) is 5.56 Å². The predicted molar refractivity (Wildman–Crippen MR) is 85.4 cm³/mol. The zero-order valence-electron chi connectivity index (χ0n) is 13.1. The molecule has 0 saturated carbocycles. The van der Waals surface area contributed by atoms with Gasteiger partial charge in [-0.3, -0.25) is 9.89 Å². The summed E-state index contributed by atoms with van der Waals surface area (Å²) < 4.78 is 0. The molecule has 1 amide bonds. The van der Waals surface area contributed by atoms with Crippen molar-refractivity contribution in [2.45, 2.75) is 25.4 Å². The molecule has 1 fully saturated rings. The summed E-state index contributed by atoms with van der Waals surface area (Å²) in [5, 5.41) is 6.59. The molecule has 2 aromatic rings. The summed E-state index contributed by atoms with van der Waals surface area (Å²) in [6.45, 7) is 1.75. The van der Waals surface area contributed by atoms with Gasteiger partial charge in [0.25, 0.3) is 5.91 Å². The fourth-order valence-electron chi connectivity index (χ4n) is 3.10. The Morgan fingerprint density at radius 2 is 2.14 bits per heavy atom. The number of hydrogen-bond acceptors (Lipinski definition) is 3. The first-order valence-corrected chi connectivity index (χ1v) is 7.68. The van der Waals surface area contributed by atoms with Crippen molar-refractivity contribution in [2.75, 3.05) is 20.6 Å². The zero-order chi connectivity index (χ0) is 15.5. The molecule has 5 heteroatoms. The number of nitrogens with zero attached hydrogens (tertiary/aromatic N) is 3. The number of rotatable bonds is 4. The molecule has 1 aliphatic heterocycles. The lowest BCUT2D eigenvalue weighted by molar-refractivity contribution is 0.0735. The quantitative estimate of drug-likeness (QED) is 0.943. The lowest BCUT2D eigenvalue weighted by atomic mass is 10.0. The third-order valence-corrected chi connectivity index (χ3v) is 4.12. The van der Waals surface area contributed by atoms with Crippen molar-refractivity contribution in [3.63, 3.8) is 0 Å². The lowest BCUT2D eigenvalue weighted by Gasteiger charge is -2.25. The molecule has 1 saturated heterocycles.